The van der Waals surface area contributed by atoms with Crippen molar-refractivity contribution in [2.75, 3.05) is 4.90 Å². The first kappa shape index (κ1) is 18.6. The maximum Gasteiger partial charge on any atom is 0.336 e. The lowest BCUT2D eigenvalue weighted by molar-refractivity contribution is 0.0692. The Morgan fingerprint density at radius 2 is 1.77 bits per heavy atom. The highest BCUT2D eigenvalue weighted by molar-refractivity contribution is 6.17. The van der Waals surface area contributed by atoms with Crippen molar-refractivity contribution < 1.29 is 14.7 Å². The van der Waals surface area contributed by atoms with Crippen LogP contribution in [0.1, 0.15) is 69.3 Å². The summed E-state index contributed by atoms with van der Waals surface area (Å²) in [5.41, 5.74) is 5.48. The van der Waals surface area contributed by atoms with Gasteiger partial charge in [-0.3, -0.25) is 4.79 Å². The van der Waals surface area contributed by atoms with E-state index in [0.29, 0.717) is 5.56 Å². The molecule has 1 unspecified atom stereocenters. The first-order chi connectivity index (χ1) is 14.4. The number of carboxylic acid groups (broad SMARTS) is 1. The number of hydrogen-bond acceptors (Lipinski definition) is 2. The SMILES string of the molecule is CC1(C)CC2c3cccc(C(=O)O)c3C(=O)N2c2c(Cc3ccccc3)cccc21. The Kier molecular flexibility index (Phi) is 4.07. The molecule has 4 nitrogen and oxygen atoms in total. The van der Waals surface area contributed by atoms with Gasteiger partial charge in [0, 0.05) is 0 Å². The van der Waals surface area contributed by atoms with E-state index >= 15 is 0 Å². The third-order valence-electron chi connectivity index (χ3n) is 6.46. The van der Waals surface area contributed by atoms with Gasteiger partial charge in [0.25, 0.3) is 5.91 Å². The summed E-state index contributed by atoms with van der Waals surface area (Å²) in [6, 6.07) is 21.5. The molecule has 0 aliphatic carbocycles. The Labute approximate surface area is 175 Å². The van der Waals surface area contributed by atoms with E-state index in [9.17, 15) is 14.7 Å². The minimum atomic E-state index is -1.06. The number of fused-ring (bicyclic) bond motifs is 5. The van der Waals surface area contributed by atoms with Crippen LogP contribution in [0.3, 0.4) is 0 Å². The second-order valence-electron chi connectivity index (χ2n) is 8.83. The number of carbonyl (C=O) groups excluding carboxylic acids is 1. The second-order valence-corrected chi connectivity index (χ2v) is 8.83. The molecule has 1 atom stereocenters. The zero-order valence-electron chi connectivity index (χ0n) is 17.1. The van der Waals surface area contributed by atoms with E-state index in [2.05, 4.69) is 44.2 Å². The average Bonchev–Trinajstić information content (AvgIpc) is 3.00. The summed E-state index contributed by atoms with van der Waals surface area (Å²) in [7, 11) is 0. The molecule has 0 spiro atoms. The van der Waals surface area contributed by atoms with Gasteiger partial charge in [-0.15, -0.1) is 0 Å². The third kappa shape index (κ3) is 2.67. The molecular formula is C26H23NO3. The quantitative estimate of drug-likeness (QED) is 0.647. The molecule has 2 heterocycles. The molecule has 0 bridgehead atoms. The van der Waals surface area contributed by atoms with Gasteiger partial charge in [0.15, 0.2) is 0 Å². The van der Waals surface area contributed by atoms with Crippen molar-refractivity contribution in [3.05, 3.63) is 100 Å². The predicted molar refractivity (Wildman–Crippen MR) is 116 cm³/mol. The normalized spacial score (nSPS) is 18.5. The molecule has 30 heavy (non-hydrogen) atoms. The Morgan fingerprint density at radius 3 is 2.50 bits per heavy atom. The van der Waals surface area contributed by atoms with Crippen LogP contribution in [0.15, 0.2) is 66.7 Å². The lowest BCUT2D eigenvalue weighted by atomic mass is 9.73. The number of aromatic carboxylic acids is 1. The molecule has 5 rings (SSSR count). The summed E-state index contributed by atoms with van der Waals surface area (Å²) in [5, 5.41) is 9.68. The van der Waals surface area contributed by atoms with E-state index in [1.807, 2.05) is 29.2 Å². The van der Waals surface area contributed by atoms with Gasteiger partial charge < -0.3 is 10.0 Å². The lowest BCUT2D eigenvalue weighted by Gasteiger charge is -2.43. The molecular weight excluding hydrogens is 374 g/mol. The van der Waals surface area contributed by atoms with E-state index in [1.165, 1.54) is 11.6 Å². The number of carboxylic acids is 1. The Morgan fingerprint density at radius 1 is 1.03 bits per heavy atom. The fourth-order valence-electron chi connectivity index (χ4n) is 5.10. The minimum Gasteiger partial charge on any atom is -0.478 e. The molecule has 0 aromatic heterocycles. The third-order valence-corrected chi connectivity index (χ3v) is 6.46. The number of anilines is 1. The molecule has 2 aliphatic heterocycles. The van der Waals surface area contributed by atoms with Crippen molar-refractivity contribution in [1.82, 2.24) is 0 Å². The van der Waals surface area contributed by atoms with Crippen LogP contribution in [0.5, 0.6) is 0 Å². The molecule has 4 heteroatoms. The number of carbonyl (C=O) groups is 2. The predicted octanol–water partition coefficient (Wildman–Crippen LogP) is 5.36. The summed E-state index contributed by atoms with van der Waals surface area (Å²) < 4.78 is 0. The number of nitrogens with zero attached hydrogens (tertiary/aromatic N) is 1. The van der Waals surface area contributed by atoms with Crippen LogP contribution in [0, 0.1) is 0 Å². The summed E-state index contributed by atoms with van der Waals surface area (Å²) in [4.78, 5) is 27.3. The number of rotatable bonds is 3. The fourth-order valence-corrected chi connectivity index (χ4v) is 5.10. The van der Waals surface area contributed by atoms with Gasteiger partial charge in [0.05, 0.1) is 22.9 Å². The molecule has 3 aromatic carbocycles. The van der Waals surface area contributed by atoms with Gasteiger partial charge in [-0.05, 0) is 46.6 Å². The van der Waals surface area contributed by atoms with Crippen LogP contribution < -0.4 is 4.90 Å². The van der Waals surface area contributed by atoms with Gasteiger partial charge in [-0.2, -0.15) is 0 Å². The first-order valence-electron chi connectivity index (χ1n) is 10.2. The monoisotopic (exact) mass is 397 g/mol. The number of hydrogen-bond donors (Lipinski definition) is 1. The van der Waals surface area contributed by atoms with Crippen LogP contribution in [0.4, 0.5) is 5.69 Å². The van der Waals surface area contributed by atoms with Gasteiger partial charge in [-0.1, -0.05) is 74.5 Å². The van der Waals surface area contributed by atoms with Gasteiger partial charge >= 0.3 is 5.97 Å². The van der Waals surface area contributed by atoms with Crippen molar-refractivity contribution in [3.63, 3.8) is 0 Å². The molecule has 0 radical (unpaired) electrons. The van der Waals surface area contributed by atoms with E-state index in [4.69, 9.17) is 0 Å². The Balaban J connectivity index is 1.72. The number of para-hydroxylation sites is 1. The average molecular weight is 397 g/mol. The zero-order valence-corrected chi connectivity index (χ0v) is 17.1. The molecule has 150 valence electrons. The van der Waals surface area contributed by atoms with Crippen LogP contribution in [0.25, 0.3) is 0 Å². The Bertz CT molecular complexity index is 1180. The molecule has 3 aromatic rings. The van der Waals surface area contributed by atoms with Crippen LogP contribution >= 0.6 is 0 Å². The van der Waals surface area contributed by atoms with Crippen LogP contribution in [0.2, 0.25) is 0 Å². The van der Waals surface area contributed by atoms with Crippen molar-refractivity contribution in [1.29, 1.82) is 0 Å². The maximum absolute atomic E-state index is 13.6. The summed E-state index contributed by atoms with van der Waals surface area (Å²) >= 11 is 0. The van der Waals surface area contributed by atoms with E-state index in [-0.39, 0.29) is 22.9 Å². The van der Waals surface area contributed by atoms with Crippen molar-refractivity contribution >= 4 is 17.6 Å². The number of benzene rings is 3. The smallest absolute Gasteiger partial charge is 0.336 e. The highest BCUT2D eigenvalue weighted by atomic mass is 16.4. The highest BCUT2D eigenvalue weighted by Crippen LogP contribution is 2.53. The molecule has 0 saturated heterocycles. The zero-order chi connectivity index (χ0) is 21.0. The summed E-state index contributed by atoms with van der Waals surface area (Å²) in [6.07, 6.45) is 1.48. The minimum absolute atomic E-state index is 0.0896. The Hall–Kier alpha value is -3.40. The fraction of sp³-hybridized carbons (Fsp3) is 0.231. The standard InChI is InChI=1S/C26H23NO3/c1-26(2)15-21-18-11-7-12-19(25(29)30)22(18)24(28)27(21)23-17(10-6-13-20(23)26)14-16-8-4-3-5-9-16/h3-13,21H,14-15H2,1-2H3,(H,29,30). The molecule has 0 fully saturated rings. The van der Waals surface area contributed by atoms with Gasteiger partial charge in [-0.25, -0.2) is 4.79 Å². The topological polar surface area (TPSA) is 57.6 Å². The first-order valence-corrected chi connectivity index (χ1v) is 10.2. The van der Waals surface area contributed by atoms with Crippen molar-refractivity contribution in [2.24, 2.45) is 0 Å². The number of amides is 1. The molecule has 0 saturated carbocycles. The van der Waals surface area contributed by atoms with Gasteiger partial charge in [0.2, 0.25) is 0 Å². The van der Waals surface area contributed by atoms with Crippen LogP contribution in [-0.4, -0.2) is 17.0 Å². The second kappa shape index (κ2) is 6.56. The van der Waals surface area contributed by atoms with E-state index in [1.54, 1.807) is 6.07 Å². The van der Waals surface area contributed by atoms with E-state index in [0.717, 1.165) is 35.2 Å². The molecule has 1 amide bonds. The highest BCUT2D eigenvalue weighted by Gasteiger charge is 2.48. The summed E-state index contributed by atoms with van der Waals surface area (Å²) in [6.45, 7) is 4.41. The van der Waals surface area contributed by atoms with Gasteiger partial charge in [0.1, 0.15) is 0 Å². The lowest BCUT2D eigenvalue weighted by Crippen LogP contribution is -2.39. The van der Waals surface area contributed by atoms with Crippen molar-refractivity contribution in [3.8, 4) is 0 Å². The molecule has 1 N–H and O–H groups in total. The largest absolute Gasteiger partial charge is 0.478 e. The van der Waals surface area contributed by atoms with Crippen molar-refractivity contribution in [2.45, 2.75) is 38.1 Å². The summed E-state index contributed by atoms with van der Waals surface area (Å²) in [5.74, 6) is -1.26. The van der Waals surface area contributed by atoms with Crippen LogP contribution in [-0.2, 0) is 11.8 Å². The molecule has 2 aliphatic rings. The van der Waals surface area contributed by atoms with E-state index < -0.39 is 5.97 Å². The maximum atomic E-state index is 13.6.